The number of pyridine rings is 1. The third kappa shape index (κ3) is 1.90. The average molecular weight is 292 g/mol. The minimum atomic E-state index is 0.686. The summed E-state index contributed by atoms with van der Waals surface area (Å²) in [5, 5.41) is 8.56. The first-order valence-corrected chi connectivity index (χ1v) is 7.06. The van der Waals surface area contributed by atoms with Crippen LogP contribution in [0.1, 0.15) is 36.4 Å². The first-order chi connectivity index (χ1) is 8.40. The van der Waals surface area contributed by atoms with Gasteiger partial charge in [0.1, 0.15) is 0 Å². The third-order valence-electron chi connectivity index (χ3n) is 3.50. The monoisotopic (exact) mass is 291 g/mol. The lowest BCUT2D eigenvalue weighted by Crippen LogP contribution is -2.10. The molecule has 0 bridgehead atoms. The van der Waals surface area contributed by atoms with Crippen LogP contribution in [-0.4, -0.2) is 15.2 Å². The molecular formula is C13H14BrN3. The van der Waals surface area contributed by atoms with E-state index in [0.29, 0.717) is 5.92 Å². The molecule has 88 valence electrons. The van der Waals surface area contributed by atoms with Crippen LogP contribution in [0.15, 0.2) is 24.5 Å². The Labute approximate surface area is 109 Å². The number of hydrogen-bond acceptors (Lipinski definition) is 2. The predicted octanol–water partition coefficient (Wildman–Crippen LogP) is 3.63. The SMILES string of the molecule is BrCc1c(-c2ccncc2)n[nH]c1C1CCC1. The van der Waals surface area contributed by atoms with Crippen LogP contribution in [0.3, 0.4) is 0 Å². The van der Waals surface area contributed by atoms with Gasteiger partial charge in [-0.3, -0.25) is 10.1 Å². The van der Waals surface area contributed by atoms with Gasteiger partial charge in [-0.15, -0.1) is 0 Å². The minimum absolute atomic E-state index is 0.686. The second-order valence-corrected chi connectivity index (χ2v) is 5.02. The quantitative estimate of drug-likeness (QED) is 0.878. The average Bonchev–Trinajstić information content (AvgIpc) is 2.71. The van der Waals surface area contributed by atoms with Crippen molar-refractivity contribution in [1.82, 2.24) is 15.2 Å². The zero-order chi connectivity index (χ0) is 11.7. The molecule has 4 heteroatoms. The molecule has 2 aromatic heterocycles. The van der Waals surface area contributed by atoms with Gasteiger partial charge in [-0.05, 0) is 25.0 Å². The zero-order valence-electron chi connectivity index (χ0n) is 9.49. The van der Waals surface area contributed by atoms with Gasteiger partial charge in [0.2, 0.25) is 0 Å². The molecule has 0 amide bonds. The molecule has 17 heavy (non-hydrogen) atoms. The molecule has 0 radical (unpaired) electrons. The van der Waals surface area contributed by atoms with E-state index in [1.54, 1.807) is 0 Å². The molecule has 0 spiro atoms. The second kappa shape index (κ2) is 4.61. The molecule has 0 saturated heterocycles. The van der Waals surface area contributed by atoms with Crippen LogP contribution in [0.5, 0.6) is 0 Å². The molecule has 0 unspecified atom stereocenters. The van der Waals surface area contributed by atoms with Gasteiger partial charge in [0.15, 0.2) is 0 Å². The summed E-state index contributed by atoms with van der Waals surface area (Å²) in [6.45, 7) is 0. The Morgan fingerprint density at radius 1 is 1.29 bits per heavy atom. The fraction of sp³-hybridized carbons (Fsp3) is 0.385. The van der Waals surface area contributed by atoms with E-state index in [9.17, 15) is 0 Å². The van der Waals surface area contributed by atoms with Gasteiger partial charge in [-0.1, -0.05) is 22.4 Å². The maximum atomic E-state index is 4.48. The molecule has 2 heterocycles. The van der Waals surface area contributed by atoms with Crippen molar-refractivity contribution in [3.05, 3.63) is 35.8 Å². The van der Waals surface area contributed by atoms with E-state index in [1.807, 2.05) is 24.5 Å². The van der Waals surface area contributed by atoms with Crippen LogP contribution in [0.25, 0.3) is 11.3 Å². The number of nitrogens with zero attached hydrogens (tertiary/aromatic N) is 2. The smallest absolute Gasteiger partial charge is 0.0965 e. The molecular weight excluding hydrogens is 278 g/mol. The number of rotatable bonds is 3. The molecule has 0 aromatic carbocycles. The van der Waals surface area contributed by atoms with Crippen LogP contribution in [0.4, 0.5) is 0 Å². The number of nitrogens with one attached hydrogen (secondary N) is 1. The number of alkyl halides is 1. The lowest BCUT2D eigenvalue weighted by Gasteiger charge is -2.25. The lowest BCUT2D eigenvalue weighted by atomic mass is 9.81. The maximum Gasteiger partial charge on any atom is 0.0965 e. The Balaban J connectivity index is 2.02. The van der Waals surface area contributed by atoms with Crippen molar-refractivity contribution in [3.63, 3.8) is 0 Å². The van der Waals surface area contributed by atoms with Gasteiger partial charge in [0, 0.05) is 40.5 Å². The van der Waals surface area contributed by atoms with Gasteiger partial charge in [0.05, 0.1) is 5.69 Å². The van der Waals surface area contributed by atoms with Gasteiger partial charge in [0.25, 0.3) is 0 Å². The summed E-state index contributed by atoms with van der Waals surface area (Å²) in [5.41, 5.74) is 4.82. The molecule has 1 fully saturated rings. The molecule has 2 aromatic rings. The number of aromatic nitrogens is 3. The maximum absolute atomic E-state index is 4.48. The summed E-state index contributed by atoms with van der Waals surface area (Å²) in [5.74, 6) is 0.686. The number of aromatic amines is 1. The number of H-pyrrole nitrogens is 1. The van der Waals surface area contributed by atoms with Crippen LogP contribution in [0.2, 0.25) is 0 Å². The summed E-state index contributed by atoms with van der Waals surface area (Å²) < 4.78 is 0. The number of halogens is 1. The Morgan fingerprint density at radius 3 is 2.65 bits per heavy atom. The van der Waals surface area contributed by atoms with Crippen molar-refractivity contribution in [2.45, 2.75) is 30.5 Å². The summed E-state index contributed by atoms with van der Waals surface area (Å²) in [4.78, 5) is 4.05. The first kappa shape index (κ1) is 11.0. The minimum Gasteiger partial charge on any atom is -0.281 e. The summed E-state index contributed by atoms with van der Waals surface area (Å²) in [6.07, 6.45) is 7.54. The summed E-state index contributed by atoms with van der Waals surface area (Å²) in [7, 11) is 0. The van der Waals surface area contributed by atoms with E-state index in [4.69, 9.17) is 0 Å². The number of hydrogen-bond donors (Lipinski definition) is 1. The van der Waals surface area contributed by atoms with E-state index >= 15 is 0 Å². The highest BCUT2D eigenvalue weighted by molar-refractivity contribution is 9.08. The Kier molecular flexibility index (Phi) is 2.97. The van der Waals surface area contributed by atoms with Crippen molar-refractivity contribution in [1.29, 1.82) is 0 Å². The Bertz CT molecular complexity index is 503. The van der Waals surface area contributed by atoms with E-state index in [1.165, 1.54) is 30.5 Å². The topological polar surface area (TPSA) is 41.6 Å². The highest BCUT2D eigenvalue weighted by atomic mass is 79.9. The van der Waals surface area contributed by atoms with Crippen molar-refractivity contribution in [2.75, 3.05) is 0 Å². The van der Waals surface area contributed by atoms with Crippen molar-refractivity contribution in [2.24, 2.45) is 0 Å². The summed E-state index contributed by atoms with van der Waals surface area (Å²) in [6, 6.07) is 4.01. The van der Waals surface area contributed by atoms with Gasteiger partial charge >= 0.3 is 0 Å². The standard InChI is InChI=1S/C13H14BrN3/c14-8-11-12(9-2-1-3-9)16-17-13(11)10-4-6-15-7-5-10/h4-7,9H,1-3,8H2,(H,16,17). The van der Waals surface area contributed by atoms with Gasteiger partial charge < -0.3 is 0 Å². The van der Waals surface area contributed by atoms with E-state index in [0.717, 1.165) is 16.6 Å². The molecule has 3 rings (SSSR count). The van der Waals surface area contributed by atoms with Crippen molar-refractivity contribution < 1.29 is 0 Å². The summed E-state index contributed by atoms with van der Waals surface area (Å²) >= 11 is 3.58. The fourth-order valence-corrected chi connectivity index (χ4v) is 2.86. The van der Waals surface area contributed by atoms with Gasteiger partial charge in [-0.25, -0.2) is 0 Å². The third-order valence-corrected chi connectivity index (χ3v) is 4.06. The van der Waals surface area contributed by atoms with Crippen LogP contribution in [-0.2, 0) is 5.33 Å². The molecule has 1 saturated carbocycles. The van der Waals surface area contributed by atoms with Crippen LogP contribution < -0.4 is 0 Å². The molecule has 1 aliphatic rings. The van der Waals surface area contributed by atoms with Gasteiger partial charge in [-0.2, -0.15) is 5.10 Å². The largest absolute Gasteiger partial charge is 0.281 e. The normalized spacial score (nSPS) is 15.8. The first-order valence-electron chi connectivity index (χ1n) is 5.93. The second-order valence-electron chi connectivity index (χ2n) is 4.46. The molecule has 0 atom stereocenters. The van der Waals surface area contributed by atoms with E-state index < -0.39 is 0 Å². The highest BCUT2D eigenvalue weighted by Crippen LogP contribution is 2.39. The molecule has 3 nitrogen and oxygen atoms in total. The lowest BCUT2D eigenvalue weighted by molar-refractivity contribution is 0.409. The molecule has 1 N–H and O–H groups in total. The van der Waals surface area contributed by atoms with Crippen LogP contribution >= 0.6 is 15.9 Å². The predicted molar refractivity (Wildman–Crippen MR) is 71.0 cm³/mol. The van der Waals surface area contributed by atoms with E-state index in [-0.39, 0.29) is 0 Å². The van der Waals surface area contributed by atoms with Crippen molar-refractivity contribution in [3.8, 4) is 11.3 Å². The fourth-order valence-electron chi connectivity index (χ4n) is 2.30. The Hall–Kier alpha value is -1.16. The van der Waals surface area contributed by atoms with Crippen LogP contribution in [0, 0.1) is 0 Å². The van der Waals surface area contributed by atoms with Crippen molar-refractivity contribution >= 4 is 15.9 Å². The van der Waals surface area contributed by atoms with E-state index in [2.05, 4.69) is 31.1 Å². The zero-order valence-corrected chi connectivity index (χ0v) is 11.1. The molecule has 0 aliphatic heterocycles. The molecule has 1 aliphatic carbocycles. The highest BCUT2D eigenvalue weighted by Gasteiger charge is 2.25. The Morgan fingerprint density at radius 2 is 2.06 bits per heavy atom.